The van der Waals surface area contributed by atoms with E-state index in [4.69, 9.17) is 25.5 Å². The van der Waals surface area contributed by atoms with E-state index in [1.54, 1.807) is 25.1 Å². The van der Waals surface area contributed by atoms with Crippen LogP contribution in [-0.4, -0.2) is 25.9 Å². The van der Waals surface area contributed by atoms with Crippen molar-refractivity contribution in [2.24, 2.45) is 0 Å². The average molecular weight is 366 g/mol. The number of carbonyl (C=O) groups excluding carboxylic acids is 2. The van der Waals surface area contributed by atoms with E-state index in [1.807, 2.05) is 0 Å². The molecule has 1 aromatic heterocycles. The zero-order valence-corrected chi connectivity index (χ0v) is 15.3. The number of rotatable bonds is 7. The van der Waals surface area contributed by atoms with E-state index in [0.717, 1.165) is 0 Å². The fraction of sp³-hybridized carbons (Fsp3) is 0.333. The van der Waals surface area contributed by atoms with Gasteiger partial charge < -0.3 is 19.2 Å². The van der Waals surface area contributed by atoms with Gasteiger partial charge in [-0.2, -0.15) is 0 Å². The molecule has 1 N–H and O–H groups in total. The second-order valence-corrected chi connectivity index (χ2v) is 5.88. The molecule has 0 aliphatic heterocycles. The van der Waals surface area contributed by atoms with Crippen molar-refractivity contribution in [2.45, 2.75) is 26.7 Å². The molecule has 0 radical (unpaired) electrons. The summed E-state index contributed by atoms with van der Waals surface area (Å²) in [6.07, 6.45) is 0.569. The van der Waals surface area contributed by atoms with Gasteiger partial charge in [-0.1, -0.05) is 11.6 Å². The normalized spacial score (nSPS) is 10.4. The fourth-order valence-corrected chi connectivity index (χ4v) is 2.62. The molecule has 0 atom stereocenters. The maximum atomic E-state index is 12.2. The van der Waals surface area contributed by atoms with Crippen LogP contribution in [0.4, 0.5) is 5.69 Å². The lowest BCUT2D eigenvalue weighted by molar-refractivity contribution is -0.116. The second-order valence-electron chi connectivity index (χ2n) is 5.47. The summed E-state index contributed by atoms with van der Waals surface area (Å²) in [6.45, 7) is 3.21. The molecule has 0 aliphatic carbocycles. The van der Waals surface area contributed by atoms with Gasteiger partial charge >= 0.3 is 0 Å². The summed E-state index contributed by atoms with van der Waals surface area (Å²) < 4.78 is 15.9. The number of anilines is 1. The van der Waals surface area contributed by atoms with Crippen molar-refractivity contribution in [1.29, 1.82) is 0 Å². The lowest BCUT2D eigenvalue weighted by atomic mass is 10.1. The minimum Gasteiger partial charge on any atom is -0.493 e. The van der Waals surface area contributed by atoms with Gasteiger partial charge in [-0.25, -0.2) is 0 Å². The third-order valence-electron chi connectivity index (χ3n) is 3.69. The van der Waals surface area contributed by atoms with E-state index in [-0.39, 0.29) is 18.1 Å². The molecule has 0 aliphatic rings. The van der Waals surface area contributed by atoms with E-state index in [9.17, 15) is 9.59 Å². The minimum absolute atomic E-state index is 0.0611. The second kappa shape index (κ2) is 8.07. The van der Waals surface area contributed by atoms with Gasteiger partial charge in [-0.15, -0.1) is 0 Å². The lowest BCUT2D eigenvalue weighted by Gasteiger charge is -2.12. The number of ketones is 1. The highest BCUT2D eigenvalue weighted by Crippen LogP contribution is 2.36. The average Bonchev–Trinajstić information content (AvgIpc) is 2.95. The van der Waals surface area contributed by atoms with Crippen LogP contribution in [0.2, 0.25) is 5.02 Å². The summed E-state index contributed by atoms with van der Waals surface area (Å²) in [5.74, 6) is 1.81. The number of methoxy groups -OCH3 is 2. The van der Waals surface area contributed by atoms with Crippen LogP contribution in [0.25, 0.3) is 0 Å². The summed E-state index contributed by atoms with van der Waals surface area (Å²) in [4.78, 5) is 23.6. The molecule has 6 nitrogen and oxygen atoms in total. The Bertz CT molecular complexity index is 797. The number of ether oxygens (including phenoxy) is 2. The molecular weight excluding hydrogens is 346 g/mol. The minimum atomic E-state index is -0.229. The van der Waals surface area contributed by atoms with Gasteiger partial charge in [0.05, 0.1) is 30.5 Å². The van der Waals surface area contributed by atoms with Crippen LogP contribution in [0.15, 0.2) is 22.6 Å². The maximum Gasteiger partial charge on any atom is 0.224 e. The van der Waals surface area contributed by atoms with E-state index in [1.165, 1.54) is 21.1 Å². The zero-order valence-electron chi connectivity index (χ0n) is 14.6. The Hall–Kier alpha value is -2.47. The number of amides is 1. The Morgan fingerprint density at radius 1 is 1.16 bits per heavy atom. The van der Waals surface area contributed by atoms with Crippen LogP contribution in [0.1, 0.15) is 35.2 Å². The summed E-state index contributed by atoms with van der Waals surface area (Å²) in [5.41, 5.74) is 0.975. The number of hydrogen-bond acceptors (Lipinski definition) is 5. The zero-order chi connectivity index (χ0) is 18.6. The predicted octanol–water partition coefficient (Wildman–Crippen LogP) is 4.03. The Morgan fingerprint density at radius 3 is 2.36 bits per heavy atom. The molecule has 0 fully saturated rings. The molecular formula is C18H20ClNO5. The Kier molecular flexibility index (Phi) is 6.09. The Balaban J connectivity index is 2.03. The third kappa shape index (κ3) is 4.54. The highest BCUT2D eigenvalue weighted by molar-refractivity contribution is 6.34. The van der Waals surface area contributed by atoms with Gasteiger partial charge in [0.2, 0.25) is 5.91 Å². The highest BCUT2D eigenvalue weighted by Gasteiger charge is 2.15. The molecule has 25 heavy (non-hydrogen) atoms. The van der Waals surface area contributed by atoms with Crippen LogP contribution in [0.5, 0.6) is 11.5 Å². The molecule has 1 amide bonds. The molecule has 0 bridgehead atoms. The standard InChI is InChI=1S/C18H20ClNO5/c1-10(21)13-7-12(25-11(13)2)5-6-18(22)20-15-9-17(24-4)16(23-3)8-14(15)19/h7-9H,5-6H2,1-4H3,(H,20,22). The fourth-order valence-electron chi connectivity index (χ4n) is 2.42. The van der Waals surface area contributed by atoms with Crippen molar-refractivity contribution in [3.05, 3.63) is 40.3 Å². The first-order valence-electron chi connectivity index (χ1n) is 7.67. The quantitative estimate of drug-likeness (QED) is 0.749. The summed E-state index contributed by atoms with van der Waals surface area (Å²) in [5, 5.41) is 3.08. The van der Waals surface area contributed by atoms with E-state index in [2.05, 4.69) is 5.32 Å². The summed E-state index contributed by atoms with van der Waals surface area (Å²) in [7, 11) is 3.01. The monoisotopic (exact) mass is 365 g/mol. The van der Waals surface area contributed by atoms with Gasteiger partial charge in [0.1, 0.15) is 11.5 Å². The molecule has 0 saturated carbocycles. The van der Waals surface area contributed by atoms with Gasteiger partial charge in [-0.3, -0.25) is 9.59 Å². The molecule has 2 rings (SSSR count). The topological polar surface area (TPSA) is 77.8 Å². The Labute approximate surface area is 151 Å². The van der Waals surface area contributed by atoms with Gasteiger partial charge in [-0.05, 0) is 19.9 Å². The molecule has 7 heteroatoms. The van der Waals surface area contributed by atoms with Crippen molar-refractivity contribution >= 4 is 29.0 Å². The number of carbonyl (C=O) groups is 2. The van der Waals surface area contributed by atoms with Crippen molar-refractivity contribution in [1.82, 2.24) is 0 Å². The van der Waals surface area contributed by atoms with Crippen molar-refractivity contribution in [3.63, 3.8) is 0 Å². The van der Waals surface area contributed by atoms with Crippen LogP contribution in [-0.2, 0) is 11.2 Å². The van der Waals surface area contributed by atoms with Crippen molar-refractivity contribution in [2.75, 3.05) is 19.5 Å². The molecule has 2 aromatic rings. The van der Waals surface area contributed by atoms with Crippen LogP contribution in [0.3, 0.4) is 0 Å². The number of furan rings is 1. The SMILES string of the molecule is COc1cc(Cl)c(NC(=O)CCc2cc(C(C)=O)c(C)o2)cc1OC. The number of aryl methyl sites for hydroxylation is 2. The van der Waals surface area contributed by atoms with Crippen molar-refractivity contribution < 1.29 is 23.5 Å². The maximum absolute atomic E-state index is 12.2. The first kappa shape index (κ1) is 18.9. The molecule has 1 aromatic carbocycles. The molecule has 0 unspecified atom stereocenters. The molecule has 1 heterocycles. The van der Waals surface area contributed by atoms with E-state index >= 15 is 0 Å². The Morgan fingerprint density at radius 2 is 1.80 bits per heavy atom. The van der Waals surface area contributed by atoms with Gasteiger partial charge in [0, 0.05) is 25.0 Å². The summed E-state index contributed by atoms with van der Waals surface area (Å²) in [6, 6.07) is 4.85. The number of benzene rings is 1. The number of hydrogen-bond donors (Lipinski definition) is 1. The smallest absolute Gasteiger partial charge is 0.224 e. The lowest BCUT2D eigenvalue weighted by Crippen LogP contribution is -2.12. The number of nitrogens with one attached hydrogen (secondary N) is 1. The van der Waals surface area contributed by atoms with Gasteiger partial charge in [0.25, 0.3) is 0 Å². The number of Topliss-reactive ketones (excluding diaryl/α,β-unsaturated/α-hetero) is 1. The first-order chi connectivity index (χ1) is 11.8. The van der Waals surface area contributed by atoms with Gasteiger partial charge in [0.15, 0.2) is 17.3 Å². The van der Waals surface area contributed by atoms with Crippen LogP contribution >= 0.6 is 11.6 Å². The van der Waals surface area contributed by atoms with Crippen LogP contribution < -0.4 is 14.8 Å². The first-order valence-corrected chi connectivity index (χ1v) is 8.05. The highest BCUT2D eigenvalue weighted by atomic mass is 35.5. The molecule has 0 saturated heterocycles. The molecule has 0 spiro atoms. The third-order valence-corrected chi connectivity index (χ3v) is 4.01. The molecule has 134 valence electrons. The van der Waals surface area contributed by atoms with E-state index < -0.39 is 0 Å². The summed E-state index contributed by atoms with van der Waals surface area (Å²) >= 11 is 6.15. The number of halogens is 1. The van der Waals surface area contributed by atoms with Crippen LogP contribution in [0, 0.1) is 6.92 Å². The predicted molar refractivity (Wildman–Crippen MR) is 95.0 cm³/mol. The van der Waals surface area contributed by atoms with Crippen molar-refractivity contribution in [3.8, 4) is 11.5 Å². The van der Waals surface area contributed by atoms with E-state index in [0.29, 0.717) is 45.7 Å². The largest absolute Gasteiger partial charge is 0.493 e.